The van der Waals surface area contributed by atoms with E-state index in [1.54, 1.807) is 0 Å². The van der Waals surface area contributed by atoms with Gasteiger partial charge in [-0.15, -0.1) is 0 Å². The smallest absolute Gasteiger partial charge is 0.237 e. The zero-order valence-electron chi connectivity index (χ0n) is 14.0. The van der Waals surface area contributed by atoms with E-state index in [0.29, 0.717) is 6.04 Å². The van der Waals surface area contributed by atoms with Gasteiger partial charge in [0.25, 0.3) is 0 Å². The van der Waals surface area contributed by atoms with Crippen LogP contribution in [-0.2, 0) is 4.79 Å². The molecule has 1 atom stereocenters. The molecule has 1 amide bonds. The van der Waals surface area contributed by atoms with Crippen molar-refractivity contribution in [2.45, 2.75) is 77.4 Å². The molecule has 0 aromatic rings. The highest BCUT2D eigenvalue weighted by Gasteiger charge is 2.29. The number of amides is 1. The molecule has 4 nitrogen and oxygen atoms in total. The SMILES string of the molecule is CC1CCN(C2CCC(NC(=O)[C@@H](N)C(C)C)CC2)CC1. The summed E-state index contributed by atoms with van der Waals surface area (Å²) >= 11 is 0. The maximum Gasteiger partial charge on any atom is 0.237 e. The molecule has 0 radical (unpaired) electrons. The molecule has 2 fully saturated rings. The lowest BCUT2D eigenvalue weighted by molar-refractivity contribution is -0.124. The van der Waals surface area contributed by atoms with E-state index in [-0.39, 0.29) is 17.9 Å². The Kier molecular flexibility index (Phi) is 6.06. The summed E-state index contributed by atoms with van der Waals surface area (Å²) in [5, 5.41) is 3.15. The number of piperidine rings is 1. The molecule has 0 bridgehead atoms. The molecule has 2 rings (SSSR count). The van der Waals surface area contributed by atoms with E-state index in [1.165, 1.54) is 38.8 Å². The third-order valence-electron chi connectivity index (χ3n) is 5.40. The number of hydrogen-bond acceptors (Lipinski definition) is 3. The lowest BCUT2D eigenvalue weighted by atomic mass is 9.87. The Morgan fingerprint density at radius 3 is 2.19 bits per heavy atom. The third-order valence-corrected chi connectivity index (χ3v) is 5.40. The van der Waals surface area contributed by atoms with Crippen molar-refractivity contribution in [3.05, 3.63) is 0 Å². The van der Waals surface area contributed by atoms with Gasteiger partial charge in [-0.1, -0.05) is 20.8 Å². The van der Waals surface area contributed by atoms with E-state index in [9.17, 15) is 4.79 Å². The molecule has 2 aliphatic rings. The Bertz CT molecular complexity index is 329. The van der Waals surface area contributed by atoms with Gasteiger partial charge in [-0.2, -0.15) is 0 Å². The molecule has 3 N–H and O–H groups in total. The molecular formula is C17H33N3O. The second-order valence-corrected chi connectivity index (χ2v) is 7.50. The van der Waals surface area contributed by atoms with Crippen LogP contribution in [0.3, 0.4) is 0 Å². The molecular weight excluding hydrogens is 262 g/mol. The number of nitrogens with two attached hydrogens (primary N) is 1. The molecule has 0 unspecified atom stereocenters. The molecule has 0 spiro atoms. The lowest BCUT2D eigenvalue weighted by Crippen LogP contribution is -2.50. The predicted octanol–water partition coefficient (Wildman–Crippen LogP) is 2.13. The van der Waals surface area contributed by atoms with Gasteiger partial charge in [-0.25, -0.2) is 0 Å². The molecule has 4 heteroatoms. The summed E-state index contributed by atoms with van der Waals surface area (Å²) in [7, 11) is 0. The Labute approximate surface area is 129 Å². The van der Waals surface area contributed by atoms with Gasteiger partial charge in [-0.05, 0) is 63.5 Å². The van der Waals surface area contributed by atoms with Gasteiger partial charge in [0.2, 0.25) is 5.91 Å². The largest absolute Gasteiger partial charge is 0.352 e. The molecule has 1 aliphatic heterocycles. The van der Waals surface area contributed by atoms with Crippen molar-refractivity contribution < 1.29 is 4.79 Å². The molecule has 1 aliphatic carbocycles. The lowest BCUT2D eigenvalue weighted by Gasteiger charge is -2.40. The van der Waals surface area contributed by atoms with Crippen molar-refractivity contribution in [2.24, 2.45) is 17.6 Å². The van der Waals surface area contributed by atoms with Crippen LogP contribution >= 0.6 is 0 Å². The third kappa shape index (κ3) is 4.68. The number of carbonyl (C=O) groups is 1. The van der Waals surface area contributed by atoms with Crippen LogP contribution in [0.5, 0.6) is 0 Å². The first kappa shape index (κ1) is 16.8. The van der Waals surface area contributed by atoms with Crippen LogP contribution in [0.1, 0.15) is 59.3 Å². The highest BCUT2D eigenvalue weighted by atomic mass is 16.2. The van der Waals surface area contributed by atoms with Gasteiger partial charge in [-0.3, -0.25) is 4.79 Å². The highest BCUT2D eigenvalue weighted by Crippen LogP contribution is 2.27. The van der Waals surface area contributed by atoms with Crippen LogP contribution in [0.25, 0.3) is 0 Å². The fourth-order valence-electron chi connectivity index (χ4n) is 3.58. The minimum Gasteiger partial charge on any atom is -0.352 e. The van der Waals surface area contributed by atoms with Crippen molar-refractivity contribution in [1.82, 2.24) is 10.2 Å². The molecule has 122 valence electrons. The molecule has 0 aromatic heterocycles. The molecule has 1 saturated heterocycles. The summed E-state index contributed by atoms with van der Waals surface area (Å²) < 4.78 is 0. The van der Waals surface area contributed by atoms with E-state index < -0.39 is 0 Å². The van der Waals surface area contributed by atoms with Gasteiger partial charge in [0.05, 0.1) is 6.04 Å². The second kappa shape index (κ2) is 7.59. The van der Waals surface area contributed by atoms with Crippen LogP contribution in [0.15, 0.2) is 0 Å². The van der Waals surface area contributed by atoms with Crippen LogP contribution in [0.2, 0.25) is 0 Å². The topological polar surface area (TPSA) is 58.4 Å². The Morgan fingerprint density at radius 2 is 1.67 bits per heavy atom. The second-order valence-electron chi connectivity index (χ2n) is 7.50. The Morgan fingerprint density at radius 1 is 1.10 bits per heavy atom. The number of nitrogens with one attached hydrogen (secondary N) is 1. The molecule has 21 heavy (non-hydrogen) atoms. The molecule has 0 aromatic carbocycles. The normalized spacial score (nSPS) is 30.3. The van der Waals surface area contributed by atoms with Crippen molar-refractivity contribution >= 4 is 5.91 Å². The number of hydrogen-bond donors (Lipinski definition) is 2. The number of nitrogens with zero attached hydrogens (tertiary/aromatic N) is 1. The van der Waals surface area contributed by atoms with Crippen LogP contribution in [0.4, 0.5) is 0 Å². The summed E-state index contributed by atoms with van der Waals surface area (Å²) in [6.45, 7) is 8.89. The average molecular weight is 295 g/mol. The first-order valence-corrected chi connectivity index (χ1v) is 8.77. The first-order valence-electron chi connectivity index (χ1n) is 8.77. The first-order chi connectivity index (χ1) is 9.97. The van der Waals surface area contributed by atoms with Crippen molar-refractivity contribution in [2.75, 3.05) is 13.1 Å². The van der Waals surface area contributed by atoms with E-state index >= 15 is 0 Å². The van der Waals surface area contributed by atoms with E-state index in [4.69, 9.17) is 5.73 Å². The maximum atomic E-state index is 12.0. The van der Waals surface area contributed by atoms with E-state index in [2.05, 4.69) is 17.1 Å². The van der Waals surface area contributed by atoms with Gasteiger partial charge in [0, 0.05) is 12.1 Å². The summed E-state index contributed by atoms with van der Waals surface area (Å²) in [5.74, 6) is 1.13. The standard InChI is InChI=1S/C17H33N3O/c1-12(2)16(18)17(21)19-14-4-6-15(7-5-14)20-10-8-13(3)9-11-20/h12-16H,4-11,18H2,1-3H3,(H,19,21)/t14?,15?,16-/m0/s1. The molecule has 1 saturated carbocycles. The summed E-state index contributed by atoms with van der Waals surface area (Å²) in [4.78, 5) is 14.7. The van der Waals surface area contributed by atoms with Gasteiger partial charge in [0.15, 0.2) is 0 Å². The quantitative estimate of drug-likeness (QED) is 0.835. The van der Waals surface area contributed by atoms with Gasteiger partial charge < -0.3 is 16.0 Å². The van der Waals surface area contributed by atoms with Gasteiger partial charge in [0.1, 0.15) is 0 Å². The zero-order chi connectivity index (χ0) is 15.4. The average Bonchev–Trinajstić information content (AvgIpc) is 2.48. The summed E-state index contributed by atoms with van der Waals surface area (Å²) in [6, 6.07) is 0.706. The number of rotatable bonds is 4. The van der Waals surface area contributed by atoms with Crippen molar-refractivity contribution in [3.63, 3.8) is 0 Å². The maximum absolute atomic E-state index is 12.0. The highest BCUT2D eigenvalue weighted by molar-refractivity contribution is 5.82. The fraction of sp³-hybridized carbons (Fsp3) is 0.941. The van der Waals surface area contributed by atoms with Crippen molar-refractivity contribution in [3.8, 4) is 0 Å². The summed E-state index contributed by atoms with van der Waals surface area (Å²) in [5.41, 5.74) is 5.91. The summed E-state index contributed by atoms with van der Waals surface area (Å²) in [6.07, 6.45) is 7.34. The van der Waals surface area contributed by atoms with Crippen LogP contribution in [0, 0.1) is 11.8 Å². The Hall–Kier alpha value is -0.610. The number of likely N-dealkylation sites (tertiary alicyclic amines) is 1. The fourth-order valence-corrected chi connectivity index (χ4v) is 3.58. The van der Waals surface area contributed by atoms with Gasteiger partial charge >= 0.3 is 0 Å². The minimum atomic E-state index is -0.369. The molecule has 1 heterocycles. The Balaban J connectivity index is 1.72. The zero-order valence-corrected chi connectivity index (χ0v) is 14.0. The van der Waals surface area contributed by atoms with Crippen LogP contribution in [-0.4, -0.2) is 42.0 Å². The van der Waals surface area contributed by atoms with E-state index in [1.807, 2.05) is 13.8 Å². The number of carbonyl (C=O) groups excluding carboxylic acids is 1. The van der Waals surface area contributed by atoms with Crippen molar-refractivity contribution in [1.29, 1.82) is 0 Å². The monoisotopic (exact) mass is 295 g/mol. The minimum absolute atomic E-state index is 0.0280. The van der Waals surface area contributed by atoms with E-state index in [0.717, 1.165) is 24.8 Å². The van der Waals surface area contributed by atoms with Crippen LogP contribution < -0.4 is 11.1 Å². The predicted molar refractivity (Wildman–Crippen MR) is 87.0 cm³/mol.